The molecule has 38 heavy (non-hydrogen) atoms. The number of rotatable bonds is 9. The topological polar surface area (TPSA) is 132 Å². The van der Waals surface area contributed by atoms with Gasteiger partial charge in [-0.2, -0.15) is 13.2 Å². The summed E-state index contributed by atoms with van der Waals surface area (Å²) in [6, 6.07) is -0.246. The predicted octanol–water partition coefficient (Wildman–Crippen LogP) is 2.53. The van der Waals surface area contributed by atoms with Gasteiger partial charge in [0.25, 0.3) is 11.1 Å². The number of fused-ring (bicyclic) bond motifs is 1. The molecule has 0 saturated heterocycles. The van der Waals surface area contributed by atoms with Gasteiger partial charge < -0.3 is 19.3 Å². The van der Waals surface area contributed by atoms with E-state index in [2.05, 4.69) is 10.3 Å². The van der Waals surface area contributed by atoms with E-state index in [0.29, 0.717) is 4.57 Å². The van der Waals surface area contributed by atoms with Crippen LogP contribution in [0.5, 0.6) is 0 Å². The van der Waals surface area contributed by atoms with Crippen LogP contribution in [-0.2, 0) is 27.1 Å². The van der Waals surface area contributed by atoms with Gasteiger partial charge in [-0.3, -0.25) is 23.7 Å². The molecule has 2 unspecified atom stereocenters. The fourth-order valence-corrected chi connectivity index (χ4v) is 4.86. The van der Waals surface area contributed by atoms with Crippen molar-refractivity contribution in [2.75, 3.05) is 0 Å². The second-order valence-electron chi connectivity index (χ2n) is 11.2. The van der Waals surface area contributed by atoms with Crippen molar-refractivity contribution in [3.63, 3.8) is 0 Å². The van der Waals surface area contributed by atoms with Crippen molar-refractivity contribution in [1.82, 2.24) is 19.4 Å². The third-order valence-electron chi connectivity index (χ3n) is 6.74. The van der Waals surface area contributed by atoms with Gasteiger partial charge in [-0.15, -0.1) is 0 Å². The Bertz CT molecular complexity index is 1390. The van der Waals surface area contributed by atoms with Gasteiger partial charge in [0, 0.05) is 6.20 Å². The maximum atomic E-state index is 14.2. The van der Waals surface area contributed by atoms with E-state index in [4.69, 9.17) is 4.43 Å². The van der Waals surface area contributed by atoms with E-state index in [9.17, 15) is 37.1 Å². The largest absolute Gasteiger partial charge is 0.415 e. The Hall–Kier alpha value is -3.00. The lowest BCUT2D eigenvalue weighted by molar-refractivity contribution is -0.210. The number of Topliss-reactive ketones (excluding diaryl/α,β-unsaturated/α-hetero) is 1. The SMILES string of the molecule is CC(=O)Cn1c(=O)[nH]c2c(=O)n(CC(=O)NC(C(C)C)C(O[Si](C)(C)C(C)(C)C)C(F)(F)F)ccc2c1=O. The van der Waals surface area contributed by atoms with E-state index < -0.39 is 79.2 Å². The van der Waals surface area contributed by atoms with Crippen molar-refractivity contribution in [2.24, 2.45) is 5.92 Å². The smallest absolute Gasteiger partial charge is 0.404 e. The molecule has 0 spiro atoms. The lowest BCUT2D eigenvalue weighted by Gasteiger charge is -2.42. The van der Waals surface area contributed by atoms with Gasteiger partial charge in [0.05, 0.1) is 18.0 Å². The van der Waals surface area contributed by atoms with Gasteiger partial charge in [0.2, 0.25) is 5.91 Å². The molecule has 2 N–H and O–H groups in total. The van der Waals surface area contributed by atoms with E-state index >= 15 is 0 Å². The van der Waals surface area contributed by atoms with Crippen molar-refractivity contribution in [1.29, 1.82) is 0 Å². The van der Waals surface area contributed by atoms with E-state index in [1.54, 1.807) is 33.9 Å². The summed E-state index contributed by atoms with van der Waals surface area (Å²) >= 11 is 0. The standard InChI is InChI=1S/C24H35F3N4O6Si/c1-13(2)17(19(24(25,26)27)37-38(7,8)23(4,5)6)28-16(33)12-30-10-9-15-18(21(30)35)29-22(36)31(20(15)34)11-14(3)32/h9-10,13,17,19H,11-12H2,1-8H3,(H,28,33)(H,29,36). The van der Waals surface area contributed by atoms with Gasteiger partial charge >= 0.3 is 11.9 Å². The summed E-state index contributed by atoms with van der Waals surface area (Å²) in [5, 5.41) is 1.69. The van der Waals surface area contributed by atoms with Crippen LogP contribution in [0.25, 0.3) is 10.9 Å². The first-order valence-corrected chi connectivity index (χ1v) is 15.0. The van der Waals surface area contributed by atoms with Crippen LogP contribution in [0.15, 0.2) is 26.6 Å². The number of hydrogen-bond acceptors (Lipinski definition) is 6. The summed E-state index contributed by atoms with van der Waals surface area (Å²) in [5.41, 5.74) is -3.12. The van der Waals surface area contributed by atoms with E-state index in [-0.39, 0.29) is 10.9 Å². The molecule has 2 atom stereocenters. The molecule has 212 valence electrons. The summed E-state index contributed by atoms with van der Waals surface area (Å²) in [7, 11) is -2.89. The van der Waals surface area contributed by atoms with Gasteiger partial charge in [0.15, 0.2) is 14.4 Å². The Morgan fingerprint density at radius 1 is 1.08 bits per heavy atom. The number of aromatic nitrogens is 3. The zero-order valence-electron chi connectivity index (χ0n) is 22.8. The summed E-state index contributed by atoms with van der Waals surface area (Å²) < 4.78 is 49.7. The van der Waals surface area contributed by atoms with Crippen LogP contribution in [0, 0.1) is 5.92 Å². The highest BCUT2D eigenvalue weighted by molar-refractivity contribution is 6.74. The number of nitrogens with one attached hydrogen (secondary N) is 2. The molecule has 2 rings (SSSR count). The van der Waals surface area contributed by atoms with Gasteiger partial charge in [0.1, 0.15) is 17.8 Å². The molecule has 0 aromatic carbocycles. The average molecular weight is 561 g/mol. The van der Waals surface area contributed by atoms with Crippen molar-refractivity contribution >= 4 is 30.9 Å². The van der Waals surface area contributed by atoms with E-state index in [0.717, 1.165) is 10.8 Å². The Kier molecular flexibility index (Phi) is 9.04. The zero-order valence-corrected chi connectivity index (χ0v) is 23.8. The van der Waals surface area contributed by atoms with Crippen molar-refractivity contribution in [3.05, 3.63) is 43.5 Å². The fraction of sp³-hybridized carbons (Fsp3) is 0.625. The molecule has 0 aliphatic carbocycles. The second kappa shape index (κ2) is 11.0. The average Bonchev–Trinajstić information content (AvgIpc) is 2.74. The number of amides is 1. The number of nitrogens with zero attached hydrogens (tertiary/aromatic N) is 2. The molecule has 14 heteroatoms. The summed E-state index contributed by atoms with van der Waals surface area (Å²) in [5.74, 6) is -2.00. The van der Waals surface area contributed by atoms with Crippen LogP contribution >= 0.6 is 0 Å². The molecule has 0 aliphatic heterocycles. The van der Waals surface area contributed by atoms with Crippen LogP contribution in [-0.4, -0.2) is 52.4 Å². The third kappa shape index (κ3) is 6.89. The van der Waals surface area contributed by atoms with Gasteiger partial charge in [-0.05, 0) is 37.0 Å². The highest BCUT2D eigenvalue weighted by Gasteiger charge is 2.52. The van der Waals surface area contributed by atoms with E-state index in [1.165, 1.54) is 26.8 Å². The number of carbonyl (C=O) groups is 2. The van der Waals surface area contributed by atoms with Crippen LogP contribution in [0.1, 0.15) is 41.5 Å². The lowest BCUT2D eigenvalue weighted by atomic mass is 9.98. The van der Waals surface area contributed by atoms with Gasteiger partial charge in [-0.25, -0.2) is 4.79 Å². The number of alkyl halides is 3. The fourth-order valence-electron chi connectivity index (χ4n) is 3.59. The van der Waals surface area contributed by atoms with Crippen LogP contribution in [0.2, 0.25) is 18.1 Å². The van der Waals surface area contributed by atoms with Gasteiger partial charge in [-0.1, -0.05) is 34.6 Å². The summed E-state index contributed by atoms with van der Waals surface area (Å²) in [6.45, 7) is 11.9. The Balaban J connectivity index is 2.42. The number of H-pyrrole nitrogens is 1. The van der Waals surface area contributed by atoms with Crippen LogP contribution < -0.4 is 22.1 Å². The van der Waals surface area contributed by atoms with E-state index in [1.807, 2.05) is 0 Å². The molecule has 10 nitrogen and oxygen atoms in total. The quantitative estimate of drug-likeness (QED) is 0.453. The number of carbonyl (C=O) groups excluding carboxylic acids is 2. The molecular formula is C24H35F3N4O6Si. The monoisotopic (exact) mass is 560 g/mol. The van der Waals surface area contributed by atoms with Crippen molar-refractivity contribution < 1.29 is 27.2 Å². The number of aromatic amines is 1. The van der Waals surface area contributed by atoms with Crippen molar-refractivity contribution in [3.8, 4) is 0 Å². The Labute approximate surface area is 218 Å². The minimum absolute atomic E-state index is 0.174. The number of ketones is 1. The first-order chi connectivity index (χ1) is 17.2. The molecule has 0 aliphatic rings. The normalized spacial score (nSPS) is 14.5. The first-order valence-electron chi connectivity index (χ1n) is 12.1. The van der Waals surface area contributed by atoms with Crippen LogP contribution in [0.4, 0.5) is 13.2 Å². The highest BCUT2D eigenvalue weighted by Crippen LogP contribution is 2.41. The molecule has 0 fully saturated rings. The van der Waals surface area contributed by atoms with Crippen molar-refractivity contribution in [2.45, 2.75) is 91.1 Å². The maximum Gasteiger partial charge on any atom is 0.415 e. The minimum Gasteiger partial charge on any atom is -0.404 e. The maximum absolute atomic E-state index is 14.2. The molecule has 2 heterocycles. The Morgan fingerprint density at radius 2 is 1.66 bits per heavy atom. The van der Waals surface area contributed by atoms with Crippen LogP contribution in [0.3, 0.4) is 0 Å². The number of pyridine rings is 1. The molecular weight excluding hydrogens is 525 g/mol. The highest BCUT2D eigenvalue weighted by atomic mass is 28.4. The predicted molar refractivity (Wildman–Crippen MR) is 139 cm³/mol. The Morgan fingerprint density at radius 3 is 2.13 bits per heavy atom. The third-order valence-corrected chi connectivity index (χ3v) is 11.2. The summed E-state index contributed by atoms with van der Waals surface area (Å²) in [6.07, 6.45) is -5.91. The minimum atomic E-state index is -4.77. The molecule has 0 radical (unpaired) electrons. The number of hydrogen-bond donors (Lipinski definition) is 2. The number of halogens is 3. The molecule has 0 saturated carbocycles. The zero-order chi connectivity index (χ0) is 29.4. The molecule has 0 bridgehead atoms. The molecule has 2 aromatic heterocycles. The second-order valence-corrected chi connectivity index (χ2v) is 16.0. The first kappa shape index (κ1) is 31.2. The summed E-state index contributed by atoms with van der Waals surface area (Å²) in [4.78, 5) is 64.2. The molecule has 2 aromatic rings. The molecule has 1 amide bonds. The lowest BCUT2D eigenvalue weighted by Crippen LogP contribution is -2.59.